The summed E-state index contributed by atoms with van der Waals surface area (Å²) in [4.78, 5) is 24.2. The Labute approximate surface area is 235 Å². The van der Waals surface area contributed by atoms with E-state index in [-0.39, 0.29) is 24.8 Å². The molecule has 0 saturated carbocycles. The first-order chi connectivity index (χ1) is 19.8. The second kappa shape index (κ2) is 14.3. The molecule has 8 heteroatoms. The highest BCUT2D eigenvalue weighted by atomic mass is 19.2. The van der Waals surface area contributed by atoms with Crippen molar-refractivity contribution in [1.29, 1.82) is 0 Å². The fourth-order valence-electron chi connectivity index (χ4n) is 4.22. The predicted molar refractivity (Wildman–Crippen MR) is 147 cm³/mol. The number of benzene rings is 4. The van der Waals surface area contributed by atoms with E-state index in [1.807, 2.05) is 0 Å². The molecule has 0 fully saturated rings. The Bertz CT molecular complexity index is 1370. The van der Waals surface area contributed by atoms with Gasteiger partial charge in [-0.15, -0.1) is 0 Å². The van der Waals surface area contributed by atoms with Crippen LogP contribution in [-0.4, -0.2) is 11.9 Å². The van der Waals surface area contributed by atoms with E-state index < -0.39 is 23.3 Å². The first kappa shape index (κ1) is 29.5. The van der Waals surface area contributed by atoms with E-state index in [0.717, 1.165) is 43.5 Å². The summed E-state index contributed by atoms with van der Waals surface area (Å²) >= 11 is 0. The Morgan fingerprint density at radius 1 is 0.439 bits per heavy atom. The molecule has 4 aromatic carbocycles. The molecular formula is C33H28F4O4. The van der Waals surface area contributed by atoms with Gasteiger partial charge in [-0.05, 0) is 83.6 Å². The van der Waals surface area contributed by atoms with Crippen molar-refractivity contribution < 1.29 is 36.6 Å². The van der Waals surface area contributed by atoms with Crippen molar-refractivity contribution in [2.75, 3.05) is 0 Å². The fourth-order valence-corrected chi connectivity index (χ4v) is 4.22. The summed E-state index contributed by atoms with van der Waals surface area (Å²) in [5, 5.41) is 0. The van der Waals surface area contributed by atoms with E-state index in [9.17, 15) is 27.2 Å². The Kier molecular flexibility index (Phi) is 10.3. The van der Waals surface area contributed by atoms with Crippen LogP contribution >= 0.6 is 0 Å². The highest BCUT2D eigenvalue weighted by Gasteiger charge is 2.09. The van der Waals surface area contributed by atoms with Gasteiger partial charge in [-0.2, -0.15) is 0 Å². The number of esters is 2. The molecule has 0 aliphatic rings. The van der Waals surface area contributed by atoms with Crippen LogP contribution in [0.2, 0.25) is 0 Å². The number of rotatable bonds is 12. The first-order valence-electron chi connectivity index (χ1n) is 13.3. The molecule has 0 spiro atoms. The highest BCUT2D eigenvalue weighted by molar-refractivity contribution is 5.73. The van der Waals surface area contributed by atoms with Gasteiger partial charge in [-0.25, -0.2) is 17.6 Å². The van der Waals surface area contributed by atoms with Crippen LogP contribution in [0.4, 0.5) is 17.6 Å². The van der Waals surface area contributed by atoms with Gasteiger partial charge in [0.05, 0.1) is 0 Å². The number of unbranched alkanes of at least 4 members (excludes halogenated alkanes) is 4. The van der Waals surface area contributed by atoms with Crippen molar-refractivity contribution in [3.05, 3.63) is 108 Å². The molecule has 0 aliphatic carbocycles. The average Bonchev–Trinajstić information content (AvgIpc) is 2.96. The van der Waals surface area contributed by atoms with Crippen molar-refractivity contribution in [3.8, 4) is 33.8 Å². The zero-order valence-corrected chi connectivity index (χ0v) is 22.2. The predicted octanol–water partition coefficient (Wildman–Crippen LogP) is 8.82. The summed E-state index contributed by atoms with van der Waals surface area (Å²) in [5.41, 5.74) is 2.38. The van der Waals surface area contributed by atoms with Crippen LogP contribution in [0.5, 0.6) is 11.5 Å². The Morgan fingerprint density at radius 2 is 0.780 bits per heavy atom. The number of hydrogen-bond acceptors (Lipinski definition) is 4. The standard InChI is InChI=1S/C33H28F4O4/c34-28-18-12-24(20-30(28)36)22-8-14-26(15-9-22)40-32(38)6-4-2-1-3-5-7-33(39)41-27-16-10-23(11-17-27)25-13-19-29(35)31(37)21-25/h8-21H,1-7H2. The third-order valence-corrected chi connectivity index (χ3v) is 6.44. The van der Waals surface area contributed by atoms with Crippen molar-refractivity contribution in [1.82, 2.24) is 0 Å². The molecule has 0 bridgehead atoms. The van der Waals surface area contributed by atoms with Gasteiger partial charge in [0.2, 0.25) is 0 Å². The van der Waals surface area contributed by atoms with Gasteiger partial charge < -0.3 is 9.47 Å². The Hall–Kier alpha value is -4.46. The molecule has 0 amide bonds. The molecular weight excluding hydrogens is 536 g/mol. The van der Waals surface area contributed by atoms with E-state index in [1.54, 1.807) is 48.5 Å². The topological polar surface area (TPSA) is 52.6 Å². The van der Waals surface area contributed by atoms with Crippen molar-refractivity contribution in [2.45, 2.75) is 44.9 Å². The maximum absolute atomic E-state index is 13.4. The van der Waals surface area contributed by atoms with Crippen LogP contribution in [0.1, 0.15) is 44.9 Å². The van der Waals surface area contributed by atoms with Crippen molar-refractivity contribution in [3.63, 3.8) is 0 Å². The van der Waals surface area contributed by atoms with Crippen LogP contribution in [-0.2, 0) is 9.59 Å². The largest absolute Gasteiger partial charge is 0.427 e. The lowest BCUT2D eigenvalue weighted by atomic mass is 10.1. The molecule has 4 rings (SSSR count). The van der Waals surface area contributed by atoms with E-state index in [2.05, 4.69) is 0 Å². The van der Waals surface area contributed by atoms with Crippen LogP contribution in [0.15, 0.2) is 84.9 Å². The second-order valence-electron chi connectivity index (χ2n) is 9.52. The molecule has 0 unspecified atom stereocenters. The van der Waals surface area contributed by atoms with Crippen LogP contribution < -0.4 is 9.47 Å². The minimum absolute atomic E-state index is 0.257. The second-order valence-corrected chi connectivity index (χ2v) is 9.52. The molecule has 0 aromatic heterocycles. The van der Waals surface area contributed by atoms with Gasteiger partial charge in [0.15, 0.2) is 23.3 Å². The number of ether oxygens (including phenoxy) is 2. The first-order valence-corrected chi connectivity index (χ1v) is 13.3. The normalized spacial score (nSPS) is 10.8. The average molecular weight is 565 g/mol. The zero-order chi connectivity index (χ0) is 29.2. The van der Waals surface area contributed by atoms with Crippen LogP contribution in [0.25, 0.3) is 22.3 Å². The maximum Gasteiger partial charge on any atom is 0.311 e. The van der Waals surface area contributed by atoms with E-state index in [1.165, 1.54) is 12.1 Å². The highest BCUT2D eigenvalue weighted by Crippen LogP contribution is 2.26. The van der Waals surface area contributed by atoms with Crippen molar-refractivity contribution >= 4 is 11.9 Å². The lowest BCUT2D eigenvalue weighted by Crippen LogP contribution is -2.08. The summed E-state index contributed by atoms with van der Waals surface area (Å²) < 4.78 is 63.8. The summed E-state index contributed by atoms with van der Waals surface area (Å²) in [6, 6.07) is 20.4. The van der Waals surface area contributed by atoms with Gasteiger partial charge in [0.25, 0.3) is 0 Å². The zero-order valence-electron chi connectivity index (χ0n) is 22.2. The number of hydrogen-bond donors (Lipinski definition) is 0. The summed E-state index contributed by atoms with van der Waals surface area (Å²) in [6.07, 6.45) is 4.30. The number of carbonyl (C=O) groups excluding carboxylic acids is 2. The quantitative estimate of drug-likeness (QED) is 0.0747. The summed E-state index contributed by atoms with van der Waals surface area (Å²) in [7, 11) is 0. The van der Waals surface area contributed by atoms with Crippen LogP contribution in [0, 0.1) is 23.3 Å². The van der Waals surface area contributed by atoms with E-state index in [0.29, 0.717) is 46.6 Å². The summed E-state index contributed by atoms with van der Waals surface area (Å²) in [6.45, 7) is 0. The smallest absolute Gasteiger partial charge is 0.311 e. The molecule has 212 valence electrons. The van der Waals surface area contributed by atoms with E-state index in [4.69, 9.17) is 9.47 Å². The number of halogens is 4. The third kappa shape index (κ3) is 8.76. The molecule has 4 nitrogen and oxygen atoms in total. The SMILES string of the molecule is O=C(CCCCCCCC(=O)Oc1ccc(-c2ccc(F)c(F)c2)cc1)Oc1ccc(-c2ccc(F)c(F)c2)cc1. The third-order valence-electron chi connectivity index (χ3n) is 6.44. The molecule has 0 N–H and O–H groups in total. The minimum Gasteiger partial charge on any atom is -0.427 e. The molecule has 0 radical (unpaired) electrons. The molecule has 0 saturated heterocycles. The minimum atomic E-state index is -0.926. The Morgan fingerprint density at radius 3 is 1.15 bits per heavy atom. The van der Waals surface area contributed by atoms with Crippen LogP contribution in [0.3, 0.4) is 0 Å². The molecule has 41 heavy (non-hydrogen) atoms. The van der Waals surface area contributed by atoms with Gasteiger partial charge in [0.1, 0.15) is 11.5 Å². The van der Waals surface area contributed by atoms with E-state index >= 15 is 0 Å². The van der Waals surface area contributed by atoms with Gasteiger partial charge in [0, 0.05) is 12.8 Å². The lowest BCUT2D eigenvalue weighted by Gasteiger charge is -2.07. The maximum atomic E-state index is 13.4. The molecule has 0 aliphatic heterocycles. The summed E-state index contributed by atoms with van der Waals surface area (Å²) in [5.74, 6) is -3.64. The molecule has 4 aromatic rings. The molecule has 0 heterocycles. The van der Waals surface area contributed by atoms with Gasteiger partial charge in [-0.3, -0.25) is 9.59 Å². The van der Waals surface area contributed by atoms with Gasteiger partial charge >= 0.3 is 11.9 Å². The molecule has 0 atom stereocenters. The van der Waals surface area contributed by atoms with Gasteiger partial charge in [-0.1, -0.05) is 55.7 Å². The van der Waals surface area contributed by atoms with Crippen molar-refractivity contribution in [2.24, 2.45) is 0 Å². The Balaban J connectivity index is 1.08. The fraction of sp³-hybridized carbons (Fsp3) is 0.212. The lowest BCUT2D eigenvalue weighted by molar-refractivity contribution is -0.135. The monoisotopic (exact) mass is 564 g/mol. The number of carbonyl (C=O) groups is 2.